The van der Waals surface area contributed by atoms with Gasteiger partial charge in [0.2, 0.25) is 35.4 Å². The first-order chi connectivity index (χ1) is 22.0. The maximum atomic E-state index is 13.2. The van der Waals surface area contributed by atoms with Crippen LogP contribution in [-0.4, -0.2) is 88.3 Å². The van der Waals surface area contributed by atoms with Crippen LogP contribution >= 0.6 is 0 Å². The van der Waals surface area contributed by atoms with Crippen LogP contribution < -0.4 is 38.1 Å². The molecule has 11 N–H and O–H groups in total. The third-order valence-corrected chi connectivity index (χ3v) is 7.49. The predicted octanol–water partition coefficient (Wildman–Crippen LogP) is -1.22. The Morgan fingerprint density at radius 2 is 1.47 bits per heavy atom. The van der Waals surface area contributed by atoms with Gasteiger partial charge in [0, 0.05) is 29.9 Å². The van der Waals surface area contributed by atoms with Crippen LogP contribution in [0.2, 0.25) is 0 Å². The molecule has 0 fully saturated rings. The van der Waals surface area contributed by atoms with Crippen molar-refractivity contribution in [3.05, 3.63) is 36.0 Å². The van der Waals surface area contributed by atoms with E-state index in [0.29, 0.717) is 5.56 Å². The number of H-pyrrole nitrogens is 1. The zero-order valence-electron chi connectivity index (χ0n) is 27.2. The molecule has 1 aromatic heterocycles. The second kappa shape index (κ2) is 17.6. The quantitative estimate of drug-likeness (QED) is 0.0927. The average molecular weight is 659 g/mol. The van der Waals surface area contributed by atoms with Crippen molar-refractivity contribution >= 4 is 52.3 Å². The number of amides is 6. The Balaban J connectivity index is 2.05. The number of fused-ring (bicyclic) bond motifs is 1. The van der Waals surface area contributed by atoms with Crippen molar-refractivity contribution in [2.75, 3.05) is 6.54 Å². The number of carbonyl (C=O) groups is 7. The number of rotatable bonds is 18. The lowest BCUT2D eigenvalue weighted by Gasteiger charge is -2.27. The molecule has 16 heteroatoms. The van der Waals surface area contributed by atoms with Gasteiger partial charge in [-0.1, -0.05) is 45.9 Å². The number of nitrogens with one attached hydrogen (secondary N) is 6. The molecule has 0 spiro atoms. The maximum absolute atomic E-state index is 13.2. The second-order valence-corrected chi connectivity index (χ2v) is 12.0. The fourth-order valence-electron chi connectivity index (χ4n) is 4.56. The van der Waals surface area contributed by atoms with Gasteiger partial charge in [0.25, 0.3) is 0 Å². The van der Waals surface area contributed by atoms with Gasteiger partial charge < -0.3 is 48.1 Å². The molecule has 2 aromatic rings. The Labute approximate surface area is 272 Å². The Morgan fingerprint density at radius 3 is 2.06 bits per heavy atom. The smallest absolute Gasteiger partial charge is 0.326 e. The summed E-state index contributed by atoms with van der Waals surface area (Å²) in [6, 6.07) is 1.52. The van der Waals surface area contributed by atoms with Crippen LogP contribution in [0.25, 0.3) is 10.9 Å². The molecule has 16 nitrogen and oxygen atoms in total. The minimum atomic E-state index is -1.29. The summed E-state index contributed by atoms with van der Waals surface area (Å²) < 4.78 is 0. The van der Waals surface area contributed by atoms with Crippen LogP contribution in [-0.2, 0) is 40.0 Å². The van der Waals surface area contributed by atoms with Gasteiger partial charge in [-0.3, -0.25) is 28.8 Å². The molecule has 0 aliphatic heterocycles. The highest BCUT2D eigenvalue weighted by Gasteiger charge is 2.32. The van der Waals surface area contributed by atoms with Gasteiger partial charge in [-0.15, -0.1) is 0 Å². The third-order valence-electron chi connectivity index (χ3n) is 7.49. The Kier molecular flexibility index (Phi) is 14.3. The summed E-state index contributed by atoms with van der Waals surface area (Å²) in [4.78, 5) is 90.5. The highest BCUT2D eigenvalue weighted by atomic mass is 16.4. The van der Waals surface area contributed by atoms with Crippen LogP contribution in [0.3, 0.4) is 0 Å². The molecule has 0 unspecified atom stereocenters. The lowest BCUT2D eigenvalue weighted by atomic mass is 10.0. The standard InChI is InChI=1S/C31H46N8O8/c1-15(2)25(33)29(44)35-14-24(41)37-21(10-11-23(32)40)28(43)39-26(16(3)4)30(45)36-17(5)27(42)38-22(31(46)47)12-18-13-34-20-9-7-6-8-19(18)20/h6-9,13,15-17,21-22,25-26,34H,10-12,14,33H2,1-5H3,(H2,32,40)(H,35,44)(H,36,45)(H,37,41)(H,38,42)(H,39,43)(H,46,47)/t17-,21-,22-,25-,26-/m0/s1. The van der Waals surface area contributed by atoms with Crippen molar-refractivity contribution in [2.24, 2.45) is 23.3 Å². The largest absolute Gasteiger partial charge is 0.480 e. The normalized spacial score (nSPS) is 14.4. The number of nitrogens with two attached hydrogens (primary N) is 2. The van der Waals surface area contributed by atoms with Gasteiger partial charge in [0.05, 0.1) is 12.6 Å². The van der Waals surface area contributed by atoms with Crippen molar-refractivity contribution in [1.29, 1.82) is 0 Å². The molecule has 0 bridgehead atoms. The van der Waals surface area contributed by atoms with Gasteiger partial charge in [-0.25, -0.2) is 4.79 Å². The minimum Gasteiger partial charge on any atom is -0.480 e. The number of primary amides is 1. The van der Waals surface area contributed by atoms with Crippen molar-refractivity contribution in [2.45, 2.75) is 84.1 Å². The molecule has 0 saturated heterocycles. The number of para-hydroxylation sites is 1. The molecule has 0 saturated carbocycles. The van der Waals surface area contributed by atoms with E-state index in [-0.39, 0.29) is 25.2 Å². The first-order valence-corrected chi connectivity index (χ1v) is 15.3. The van der Waals surface area contributed by atoms with E-state index in [9.17, 15) is 38.7 Å². The highest BCUT2D eigenvalue weighted by molar-refractivity contribution is 5.96. The molecular formula is C31H46N8O8. The van der Waals surface area contributed by atoms with E-state index < -0.39 is 84.1 Å². The zero-order valence-corrected chi connectivity index (χ0v) is 27.2. The highest BCUT2D eigenvalue weighted by Crippen LogP contribution is 2.19. The van der Waals surface area contributed by atoms with Crippen LogP contribution in [0.4, 0.5) is 0 Å². The van der Waals surface area contributed by atoms with Crippen molar-refractivity contribution < 1.29 is 38.7 Å². The van der Waals surface area contributed by atoms with Crippen LogP contribution in [0.1, 0.15) is 53.0 Å². The fraction of sp³-hybridized carbons (Fsp3) is 0.516. The number of benzene rings is 1. The van der Waals surface area contributed by atoms with Gasteiger partial charge in [-0.05, 0) is 36.8 Å². The van der Waals surface area contributed by atoms with Gasteiger partial charge in [0.1, 0.15) is 24.2 Å². The molecule has 2 rings (SSSR count). The molecule has 0 aliphatic carbocycles. The first kappa shape index (κ1) is 38.2. The number of aliphatic carboxylic acids is 1. The molecule has 6 amide bonds. The summed E-state index contributed by atoms with van der Waals surface area (Å²) >= 11 is 0. The minimum absolute atomic E-state index is 0.0109. The van der Waals surface area contributed by atoms with Gasteiger partial charge in [-0.2, -0.15) is 0 Å². The average Bonchev–Trinajstić information content (AvgIpc) is 3.41. The second-order valence-electron chi connectivity index (χ2n) is 12.0. The molecule has 258 valence electrons. The molecule has 1 aromatic carbocycles. The molecular weight excluding hydrogens is 612 g/mol. The third kappa shape index (κ3) is 11.7. The molecule has 0 radical (unpaired) electrons. The van der Waals surface area contributed by atoms with Crippen LogP contribution in [0, 0.1) is 11.8 Å². The molecule has 47 heavy (non-hydrogen) atoms. The van der Waals surface area contributed by atoms with E-state index >= 15 is 0 Å². The fourth-order valence-corrected chi connectivity index (χ4v) is 4.56. The number of carboxylic acid groups (broad SMARTS) is 1. The lowest BCUT2D eigenvalue weighted by Crippen LogP contribution is -2.59. The lowest BCUT2D eigenvalue weighted by molar-refractivity contribution is -0.142. The van der Waals surface area contributed by atoms with Gasteiger partial charge in [0.15, 0.2) is 0 Å². The summed E-state index contributed by atoms with van der Waals surface area (Å²) in [5.41, 5.74) is 12.5. The van der Waals surface area contributed by atoms with Crippen molar-refractivity contribution in [3.8, 4) is 0 Å². The monoisotopic (exact) mass is 658 g/mol. The number of aromatic amines is 1. The van der Waals surface area contributed by atoms with Crippen LogP contribution in [0.5, 0.6) is 0 Å². The Bertz CT molecular complexity index is 1460. The SMILES string of the molecule is CC(C)[C@H](N)C(=O)NCC(=O)N[C@@H](CCC(N)=O)C(=O)N[C@H](C(=O)N[C@@H](C)C(=O)N[C@@H](Cc1c[nH]c2ccccc12)C(=O)O)C(C)C. The summed E-state index contributed by atoms with van der Waals surface area (Å²) in [5.74, 6) is -6.27. The Morgan fingerprint density at radius 1 is 0.809 bits per heavy atom. The molecule has 0 aliphatic rings. The number of hydrogen-bond donors (Lipinski definition) is 9. The summed E-state index contributed by atoms with van der Waals surface area (Å²) in [5, 5.41) is 22.9. The maximum Gasteiger partial charge on any atom is 0.326 e. The number of carboxylic acids is 1. The van der Waals surface area contributed by atoms with Crippen LogP contribution in [0.15, 0.2) is 30.5 Å². The van der Waals surface area contributed by atoms with E-state index in [0.717, 1.165) is 10.9 Å². The topological polar surface area (TPSA) is 268 Å². The first-order valence-electron chi connectivity index (χ1n) is 15.3. The van der Waals surface area contributed by atoms with Gasteiger partial charge >= 0.3 is 5.97 Å². The Hall–Kier alpha value is -4.99. The van der Waals surface area contributed by atoms with E-state index in [1.165, 1.54) is 6.92 Å². The van der Waals surface area contributed by atoms with Crippen molar-refractivity contribution in [1.82, 2.24) is 31.6 Å². The molecule has 5 atom stereocenters. The van der Waals surface area contributed by atoms with E-state index in [1.807, 2.05) is 24.3 Å². The summed E-state index contributed by atoms with van der Waals surface area (Å²) in [6.45, 7) is 7.64. The van der Waals surface area contributed by atoms with Crippen molar-refractivity contribution in [3.63, 3.8) is 0 Å². The number of carbonyl (C=O) groups excluding carboxylic acids is 6. The summed E-state index contributed by atoms with van der Waals surface area (Å²) in [7, 11) is 0. The van der Waals surface area contributed by atoms with E-state index in [2.05, 4.69) is 31.6 Å². The molecule has 1 heterocycles. The van der Waals surface area contributed by atoms with E-state index in [1.54, 1.807) is 33.9 Å². The summed E-state index contributed by atoms with van der Waals surface area (Å²) in [6.07, 6.45) is 1.21. The number of hydrogen-bond acceptors (Lipinski definition) is 8. The zero-order chi connectivity index (χ0) is 35.4. The van der Waals surface area contributed by atoms with E-state index in [4.69, 9.17) is 11.5 Å². The number of aromatic nitrogens is 1. The predicted molar refractivity (Wildman–Crippen MR) is 172 cm³/mol.